The third-order valence-electron chi connectivity index (χ3n) is 4.94. The van der Waals surface area contributed by atoms with Gasteiger partial charge in [0.2, 0.25) is 21.1 Å². The number of piperidine rings is 1. The van der Waals surface area contributed by atoms with Crippen LogP contribution in [-0.4, -0.2) is 62.8 Å². The number of anilines is 1. The maximum atomic E-state index is 12.9. The molecule has 168 valence electrons. The lowest BCUT2D eigenvalue weighted by molar-refractivity contribution is -0.113. The molecular formula is C20H22N6O4S2. The van der Waals surface area contributed by atoms with E-state index in [9.17, 15) is 18.3 Å². The van der Waals surface area contributed by atoms with Crippen molar-refractivity contribution in [3.8, 4) is 11.4 Å². The molecule has 0 saturated carbocycles. The zero-order valence-corrected chi connectivity index (χ0v) is 18.7. The van der Waals surface area contributed by atoms with Crippen molar-refractivity contribution in [3.05, 3.63) is 48.5 Å². The first-order valence-electron chi connectivity index (χ1n) is 10.0. The first-order chi connectivity index (χ1) is 15.4. The fraction of sp³-hybridized carbons (Fsp3) is 0.300. The third-order valence-corrected chi connectivity index (χ3v) is 7.75. The number of phenolic OH excluding ortho intramolecular Hbond substituents is 1. The lowest BCUT2D eigenvalue weighted by Crippen LogP contribution is -2.35. The number of hydrogen-bond acceptors (Lipinski definition) is 8. The van der Waals surface area contributed by atoms with Crippen molar-refractivity contribution < 1.29 is 18.3 Å². The Morgan fingerprint density at radius 2 is 1.84 bits per heavy atom. The zero-order valence-electron chi connectivity index (χ0n) is 17.1. The van der Waals surface area contributed by atoms with E-state index in [-0.39, 0.29) is 22.3 Å². The second-order valence-electron chi connectivity index (χ2n) is 7.22. The topological polar surface area (TPSA) is 130 Å². The lowest BCUT2D eigenvalue weighted by Gasteiger charge is -2.26. The van der Waals surface area contributed by atoms with Crippen molar-refractivity contribution in [2.45, 2.75) is 29.3 Å². The van der Waals surface area contributed by atoms with E-state index in [4.69, 9.17) is 0 Å². The van der Waals surface area contributed by atoms with E-state index in [1.165, 1.54) is 27.2 Å². The van der Waals surface area contributed by atoms with Crippen LogP contribution in [0.25, 0.3) is 5.69 Å². The maximum absolute atomic E-state index is 12.9. The first-order valence-corrected chi connectivity index (χ1v) is 12.5. The van der Waals surface area contributed by atoms with Gasteiger partial charge in [0, 0.05) is 18.8 Å². The summed E-state index contributed by atoms with van der Waals surface area (Å²) in [6.45, 7) is 1.04. The predicted octanol–water partition coefficient (Wildman–Crippen LogP) is 2.27. The van der Waals surface area contributed by atoms with Gasteiger partial charge in [0.25, 0.3) is 0 Å². The molecule has 3 aromatic rings. The highest BCUT2D eigenvalue weighted by Crippen LogP contribution is 2.24. The Bertz CT molecular complexity index is 1190. The quantitative estimate of drug-likeness (QED) is 0.499. The Morgan fingerprint density at radius 1 is 1.09 bits per heavy atom. The third kappa shape index (κ3) is 5.09. The van der Waals surface area contributed by atoms with Crippen LogP contribution in [0.15, 0.2) is 58.6 Å². The summed E-state index contributed by atoms with van der Waals surface area (Å²) in [4.78, 5) is 12.6. The van der Waals surface area contributed by atoms with Gasteiger partial charge in [-0.3, -0.25) is 4.79 Å². The molecule has 0 unspecified atom stereocenters. The van der Waals surface area contributed by atoms with E-state index in [1.807, 2.05) is 0 Å². The maximum Gasteiger partial charge on any atom is 0.243 e. The molecular weight excluding hydrogens is 452 g/mol. The largest absolute Gasteiger partial charge is 0.508 e. The number of benzene rings is 2. The van der Waals surface area contributed by atoms with Gasteiger partial charge in [-0.2, -0.15) is 8.99 Å². The normalized spacial score (nSPS) is 14.9. The van der Waals surface area contributed by atoms with Crippen LogP contribution < -0.4 is 5.32 Å². The number of rotatable bonds is 7. The van der Waals surface area contributed by atoms with Gasteiger partial charge in [0.05, 0.1) is 16.3 Å². The first kappa shape index (κ1) is 22.2. The van der Waals surface area contributed by atoms with Gasteiger partial charge < -0.3 is 10.4 Å². The molecule has 0 bridgehead atoms. The zero-order chi connectivity index (χ0) is 22.6. The van der Waals surface area contributed by atoms with Gasteiger partial charge in [0.1, 0.15) is 5.75 Å². The van der Waals surface area contributed by atoms with E-state index in [0.717, 1.165) is 31.0 Å². The molecule has 1 fully saturated rings. The van der Waals surface area contributed by atoms with Crippen molar-refractivity contribution in [2.75, 3.05) is 24.2 Å². The molecule has 1 aliphatic rings. The van der Waals surface area contributed by atoms with E-state index >= 15 is 0 Å². The van der Waals surface area contributed by atoms with Crippen molar-refractivity contribution in [1.82, 2.24) is 24.5 Å². The standard InChI is InChI=1S/C20H22N6O4S2/c27-17-9-7-16(8-10-17)26-20(22-23-24-26)31-14-19(28)21-15-5-4-6-18(13-15)32(29,30)25-11-2-1-3-12-25/h4-10,13,27H,1-3,11-12,14H2,(H,21,28). The second kappa shape index (κ2) is 9.67. The minimum atomic E-state index is -3.58. The van der Waals surface area contributed by atoms with Crippen molar-refractivity contribution in [2.24, 2.45) is 0 Å². The molecule has 32 heavy (non-hydrogen) atoms. The number of aromatic hydroxyl groups is 1. The van der Waals surface area contributed by atoms with E-state index in [2.05, 4.69) is 20.8 Å². The fourth-order valence-electron chi connectivity index (χ4n) is 3.34. The summed E-state index contributed by atoms with van der Waals surface area (Å²) in [6.07, 6.45) is 2.75. The summed E-state index contributed by atoms with van der Waals surface area (Å²) < 4.78 is 28.7. The molecule has 12 heteroatoms. The van der Waals surface area contributed by atoms with Crippen molar-refractivity contribution in [1.29, 1.82) is 0 Å². The molecule has 1 aliphatic heterocycles. The van der Waals surface area contributed by atoms with E-state index in [0.29, 0.717) is 29.6 Å². The second-order valence-corrected chi connectivity index (χ2v) is 10.1. The Kier molecular flexibility index (Phi) is 6.72. The van der Waals surface area contributed by atoms with Gasteiger partial charge in [-0.05, 0) is 65.7 Å². The van der Waals surface area contributed by atoms with E-state index < -0.39 is 10.0 Å². The Balaban J connectivity index is 1.40. The number of amides is 1. The minimum Gasteiger partial charge on any atom is -0.508 e. The minimum absolute atomic E-state index is 0.0293. The average molecular weight is 475 g/mol. The number of hydrogen-bond donors (Lipinski definition) is 2. The number of thioether (sulfide) groups is 1. The summed E-state index contributed by atoms with van der Waals surface area (Å²) in [6, 6.07) is 12.6. The highest BCUT2D eigenvalue weighted by molar-refractivity contribution is 7.99. The molecule has 2 N–H and O–H groups in total. The molecule has 1 amide bonds. The molecule has 4 rings (SSSR count). The molecule has 2 heterocycles. The van der Waals surface area contributed by atoms with Crippen LogP contribution in [0, 0.1) is 0 Å². The predicted molar refractivity (Wildman–Crippen MR) is 119 cm³/mol. The monoisotopic (exact) mass is 474 g/mol. The van der Waals surface area contributed by atoms with Crippen LogP contribution in [0.2, 0.25) is 0 Å². The van der Waals surface area contributed by atoms with Gasteiger partial charge >= 0.3 is 0 Å². The summed E-state index contributed by atoms with van der Waals surface area (Å²) in [7, 11) is -3.58. The highest BCUT2D eigenvalue weighted by Gasteiger charge is 2.26. The van der Waals surface area contributed by atoms with Crippen molar-refractivity contribution in [3.63, 3.8) is 0 Å². The lowest BCUT2D eigenvalue weighted by atomic mass is 10.2. The Hall–Kier alpha value is -2.96. The number of sulfonamides is 1. The number of carbonyl (C=O) groups is 1. The van der Waals surface area contributed by atoms with Crippen LogP contribution in [-0.2, 0) is 14.8 Å². The summed E-state index contributed by atoms with van der Waals surface area (Å²) in [5, 5.41) is 24.0. The van der Waals surface area contributed by atoms with Crippen LogP contribution in [0.5, 0.6) is 5.75 Å². The molecule has 2 aromatic carbocycles. The fourth-order valence-corrected chi connectivity index (χ4v) is 5.59. The van der Waals surface area contributed by atoms with Crippen molar-refractivity contribution >= 4 is 33.4 Å². The number of phenols is 1. The number of nitrogens with zero attached hydrogens (tertiary/aromatic N) is 5. The molecule has 1 saturated heterocycles. The van der Waals surface area contributed by atoms with Crippen LogP contribution in [0.3, 0.4) is 0 Å². The number of nitrogens with one attached hydrogen (secondary N) is 1. The average Bonchev–Trinajstić information content (AvgIpc) is 3.28. The van der Waals surface area contributed by atoms with E-state index in [1.54, 1.807) is 30.3 Å². The smallest absolute Gasteiger partial charge is 0.243 e. The van der Waals surface area contributed by atoms with Gasteiger partial charge in [-0.15, -0.1) is 5.10 Å². The molecule has 0 aliphatic carbocycles. The highest BCUT2D eigenvalue weighted by atomic mass is 32.2. The Labute approximate surface area is 189 Å². The molecule has 0 atom stereocenters. The van der Waals surface area contributed by atoms with Crippen LogP contribution in [0.1, 0.15) is 19.3 Å². The van der Waals surface area contributed by atoms with Gasteiger partial charge in [-0.1, -0.05) is 24.2 Å². The summed E-state index contributed by atoms with van der Waals surface area (Å²) >= 11 is 1.14. The number of tetrazole rings is 1. The molecule has 1 aromatic heterocycles. The van der Waals surface area contributed by atoms with Gasteiger partial charge in [0.15, 0.2) is 0 Å². The SMILES string of the molecule is O=C(CSc1nnnn1-c1ccc(O)cc1)Nc1cccc(S(=O)(=O)N2CCCCC2)c1. The molecule has 10 nitrogen and oxygen atoms in total. The van der Waals surface area contributed by atoms with Gasteiger partial charge in [-0.25, -0.2) is 8.42 Å². The van der Waals surface area contributed by atoms with Crippen LogP contribution in [0.4, 0.5) is 5.69 Å². The Morgan fingerprint density at radius 3 is 2.59 bits per heavy atom. The number of aromatic nitrogens is 4. The summed E-state index contributed by atoms with van der Waals surface area (Å²) in [5.41, 5.74) is 1.05. The molecule has 0 radical (unpaired) electrons. The molecule has 0 spiro atoms. The van der Waals surface area contributed by atoms with Crippen LogP contribution >= 0.6 is 11.8 Å². The number of carbonyl (C=O) groups excluding carboxylic acids is 1. The summed E-state index contributed by atoms with van der Waals surface area (Å²) in [5.74, 6) is -0.163.